The summed E-state index contributed by atoms with van der Waals surface area (Å²) in [5.74, 6) is -4.07. The fraction of sp³-hybridized carbons (Fsp3) is 0.650. The van der Waals surface area contributed by atoms with Crippen LogP contribution in [0, 0.1) is 12.8 Å². The molecule has 1 aromatic carbocycles. The fourth-order valence-corrected chi connectivity index (χ4v) is 2.24. The number of aryl methyl sites for hydroxylation is 1. The Morgan fingerprint density at radius 3 is 2.69 bits per heavy atom. The molecule has 0 aromatic heterocycles. The van der Waals surface area contributed by atoms with E-state index in [2.05, 4.69) is 0 Å². The molecule has 0 unspecified atom stereocenters. The van der Waals surface area contributed by atoms with Gasteiger partial charge in [-0.2, -0.15) is 0 Å². The van der Waals surface area contributed by atoms with E-state index in [9.17, 15) is 4.79 Å². The molecule has 2 fully saturated rings. The van der Waals surface area contributed by atoms with Gasteiger partial charge in [-0.3, -0.25) is 4.90 Å². The van der Waals surface area contributed by atoms with Gasteiger partial charge in [0.25, 0.3) is 0 Å². The van der Waals surface area contributed by atoms with Crippen LogP contribution >= 0.6 is 11.6 Å². The molecule has 3 N–H and O–H groups in total. The lowest BCUT2D eigenvalue weighted by Crippen LogP contribution is -2.47. The molecule has 26 heavy (non-hydrogen) atoms. The first-order valence-electron chi connectivity index (χ1n) is 17.5. The Bertz CT molecular complexity index is 1360. The number of halogens is 1. The molecule has 2 amide bonds. The number of benzene rings is 1. The zero-order valence-corrected chi connectivity index (χ0v) is 14.5. The number of nitrogens with two attached hydrogens (primary N) is 1. The Morgan fingerprint density at radius 1 is 1.35 bits per heavy atom. The third-order valence-corrected chi connectivity index (χ3v) is 3.79. The van der Waals surface area contributed by atoms with Gasteiger partial charge in [-0.1, -0.05) is 23.7 Å². The van der Waals surface area contributed by atoms with E-state index in [-0.39, 0.29) is 15.5 Å². The Balaban J connectivity index is 2.32. The molecule has 1 aliphatic heterocycles. The summed E-state index contributed by atoms with van der Waals surface area (Å²) >= 11 is 6.28. The van der Waals surface area contributed by atoms with Crippen molar-refractivity contribution in [3.63, 3.8) is 0 Å². The quantitative estimate of drug-likeness (QED) is 0.799. The van der Waals surface area contributed by atoms with Gasteiger partial charge in [-0.15, -0.1) is 0 Å². The molecule has 5 nitrogen and oxygen atoms in total. The SMILES string of the molecule is [2H]C([2H])(C[C@]1([2H])C([2H])([2H])C([2H])([2H])[C@@]([2H])(NC(N)=O)C([2H])([2H])C1([2H])[2H])N1C([2H])([2H])C([2H])([2H])N(c2cccc(C)c2Cl)C([2H])([2H])C1([2H])[2H]. The largest absolute Gasteiger partial charge is 0.368 e. The zero-order chi connectivity index (χ0) is 36.5. The summed E-state index contributed by atoms with van der Waals surface area (Å²) < 4.78 is 171. The molecule has 2 aliphatic rings. The molecule has 1 saturated carbocycles. The van der Waals surface area contributed by atoms with Crippen molar-refractivity contribution in [3.05, 3.63) is 28.8 Å². The summed E-state index contributed by atoms with van der Waals surface area (Å²) in [6, 6.07) is -1.88. The first kappa shape index (κ1) is 6.28. The maximum atomic E-state index is 11.6. The molecule has 1 aromatic rings. The standard InChI is InChI=1S/C20H31ClN4O/c1-15-3-2-4-18(19(15)21)25-13-11-24(12-14-25)10-9-16-5-7-17(8-6-16)23-20(22)26/h2-4,16-17H,5-14H2,1H3,(H3,22,23,26)/t16-,17-/i5D2,6D2,7D2,8D2,10D2,11D2,12D2,13D2,14D2,16D,17D. The minimum atomic E-state index is -4.18. The lowest BCUT2D eigenvalue weighted by molar-refractivity contribution is 0.207. The molecule has 1 aliphatic carbocycles. The number of hydrogen-bond donors (Lipinski definition) is 2. The third kappa shape index (κ3) is 5.04. The van der Waals surface area contributed by atoms with Crippen LogP contribution in [0.4, 0.5) is 10.5 Å². The van der Waals surface area contributed by atoms with Crippen LogP contribution in [-0.4, -0.2) is 49.4 Å². The van der Waals surface area contributed by atoms with Crippen LogP contribution in [0.3, 0.4) is 0 Å². The van der Waals surface area contributed by atoms with E-state index in [1.165, 1.54) is 24.4 Å². The highest BCUT2D eigenvalue weighted by Crippen LogP contribution is 2.30. The summed E-state index contributed by atoms with van der Waals surface area (Å²) in [6.45, 7) is -18.0. The molecule has 144 valence electrons. The number of hydrogen-bond acceptors (Lipinski definition) is 3. The van der Waals surface area contributed by atoms with Gasteiger partial charge >= 0.3 is 6.03 Å². The van der Waals surface area contributed by atoms with Crippen molar-refractivity contribution in [2.45, 2.75) is 44.9 Å². The average Bonchev–Trinajstić information content (AvgIpc) is 2.83. The minimum absolute atomic E-state index is 0.0265. The Kier molecular flexibility index (Phi) is 2.16. The van der Waals surface area contributed by atoms with Crippen LogP contribution in [0.5, 0.6) is 0 Å². The summed E-state index contributed by atoms with van der Waals surface area (Å²) in [5.41, 5.74) is 4.67. The Labute approximate surface area is 190 Å². The van der Waals surface area contributed by atoms with Crippen LogP contribution in [0.15, 0.2) is 18.2 Å². The van der Waals surface area contributed by atoms with Crippen molar-refractivity contribution in [1.82, 2.24) is 10.2 Å². The summed E-state index contributed by atoms with van der Waals surface area (Å²) in [6.07, 6.45) is -18.7. The Morgan fingerprint density at radius 2 is 2.04 bits per heavy atom. The molecule has 0 bridgehead atoms. The first-order chi connectivity index (χ1) is 20.0. The number of primary amides is 1. The first-order valence-corrected chi connectivity index (χ1v) is 7.85. The van der Waals surface area contributed by atoms with Gasteiger partial charge in [-0.05, 0) is 62.9 Å². The van der Waals surface area contributed by atoms with Gasteiger partial charge in [0.15, 0.2) is 0 Å². The second-order valence-electron chi connectivity index (χ2n) is 5.20. The smallest absolute Gasteiger partial charge is 0.312 e. The lowest BCUT2D eigenvalue weighted by atomic mass is 9.84. The van der Waals surface area contributed by atoms with Gasteiger partial charge in [0.05, 0.1) is 17.6 Å². The number of piperazine rings is 1. The number of amides is 2. The van der Waals surface area contributed by atoms with Crippen LogP contribution < -0.4 is 16.0 Å². The molecule has 0 radical (unpaired) electrons. The van der Waals surface area contributed by atoms with E-state index >= 15 is 0 Å². The highest BCUT2D eigenvalue weighted by atomic mass is 35.5. The number of urea groups is 1. The molecule has 0 spiro atoms. The van der Waals surface area contributed by atoms with Crippen LogP contribution in [-0.2, 0) is 0 Å². The predicted molar refractivity (Wildman–Crippen MR) is 108 cm³/mol. The molecular weight excluding hydrogens is 348 g/mol. The van der Waals surface area contributed by atoms with Gasteiger partial charge in [0.2, 0.25) is 0 Å². The second-order valence-corrected chi connectivity index (χ2v) is 5.58. The van der Waals surface area contributed by atoms with Crippen molar-refractivity contribution >= 4 is 23.3 Å². The van der Waals surface area contributed by atoms with Crippen LogP contribution in [0.25, 0.3) is 0 Å². The van der Waals surface area contributed by atoms with Gasteiger partial charge in [0.1, 0.15) is 0 Å². The number of rotatable bonds is 5. The predicted octanol–water partition coefficient (Wildman–Crippen LogP) is 3.39. The van der Waals surface area contributed by atoms with E-state index in [0.29, 0.717) is 0 Å². The summed E-state index contributed by atoms with van der Waals surface area (Å²) in [4.78, 5) is 11.0. The van der Waals surface area contributed by atoms with Crippen LogP contribution in [0.1, 0.15) is 64.9 Å². The van der Waals surface area contributed by atoms with Gasteiger partial charge in [-0.25, -0.2) is 4.79 Å². The second kappa shape index (κ2) is 8.96. The van der Waals surface area contributed by atoms with Crippen molar-refractivity contribution in [2.75, 3.05) is 37.4 Å². The number of nitrogens with zero attached hydrogens (tertiary/aromatic N) is 2. The lowest BCUT2D eigenvalue weighted by Gasteiger charge is -2.37. The minimum Gasteiger partial charge on any atom is -0.368 e. The number of nitrogens with one attached hydrogen (secondary N) is 1. The van der Waals surface area contributed by atoms with Crippen molar-refractivity contribution < 1.29 is 32.2 Å². The van der Waals surface area contributed by atoms with E-state index in [4.69, 9.17) is 44.7 Å². The number of carbonyl (C=O) groups excluding carboxylic acids is 1. The van der Waals surface area contributed by atoms with Crippen molar-refractivity contribution in [3.8, 4) is 0 Å². The number of carbonyl (C=O) groups is 1. The molecule has 1 heterocycles. The van der Waals surface area contributed by atoms with E-state index in [0.717, 1.165) is 6.07 Å². The maximum Gasteiger partial charge on any atom is 0.312 e. The maximum absolute atomic E-state index is 11.6. The molecule has 0 atom stereocenters. The van der Waals surface area contributed by atoms with Gasteiger partial charge < -0.3 is 16.0 Å². The van der Waals surface area contributed by atoms with Crippen molar-refractivity contribution in [1.29, 1.82) is 0 Å². The Hall–Kier alpha value is -1.46. The summed E-state index contributed by atoms with van der Waals surface area (Å²) in [5, 5.41) is 1.04. The van der Waals surface area contributed by atoms with E-state index in [1.807, 2.05) is 0 Å². The van der Waals surface area contributed by atoms with Crippen LogP contribution in [0.2, 0.25) is 5.02 Å². The van der Waals surface area contributed by atoms with E-state index < -0.39 is 92.9 Å². The summed E-state index contributed by atoms with van der Waals surface area (Å²) in [7, 11) is 0. The zero-order valence-electron chi connectivity index (χ0n) is 33.7. The van der Waals surface area contributed by atoms with E-state index in [1.54, 1.807) is 0 Å². The highest BCUT2D eigenvalue weighted by Gasteiger charge is 2.24. The fourth-order valence-electron chi connectivity index (χ4n) is 2.03. The monoisotopic (exact) mass is 398 g/mol. The highest BCUT2D eigenvalue weighted by molar-refractivity contribution is 6.34. The topological polar surface area (TPSA) is 61.6 Å². The van der Waals surface area contributed by atoms with Crippen molar-refractivity contribution in [2.24, 2.45) is 11.6 Å². The average molecular weight is 399 g/mol. The molecule has 6 heteroatoms. The molecular formula is C20H31ClN4O. The van der Waals surface area contributed by atoms with Gasteiger partial charge in [0, 0.05) is 52.6 Å². The molecule has 3 rings (SSSR count). The molecule has 1 saturated heterocycles. The normalized spacial score (nSPS) is 57.5. The number of anilines is 1. The third-order valence-electron chi connectivity index (χ3n) is 3.30.